The maximum absolute atomic E-state index is 13.0. The average molecular weight is 557 g/mol. The highest BCUT2D eigenvalue weighted by atomic mass is 35.5. The fraction of sp³-hybridized carbons (Fsp3) is 0.125. The normalized spacial score (nSPS) is 13.9. The van der Waals surface area contributed by atoms with E-state index in [1.54, 1.807) is 0 Å². The van der Waals surface area contributed by atoms with Gasteiger partial charge in [0.15, 0.2) is 0 Å². The lowest BCUT2D eigenvalue weighted by Crippen LogP contribution is -2.30. The molecule has 1 aliphatic heterocycles. The minimum absolute atomic E-state index is 0.0209. The number of nitro benzene ring substituents is 2. The number of carbonyl (C=O) groups is 3. The number of furan rings is 1. The Morgan fingerprint density at radius 1 is 1.10 bits per heavy atom. The highest BCUT2D eigenvalue weighted by molar-refractivity contribution is 6.31. The van der Waals surface area contributed by atoms with Crippen LogP contribution in [-0.4, -0.2) is 39.8 Å². The number of nitro groups is 2. The Hall–Kier alpha value is -5.24. The van der Waals surface area contributed by atoms with Crippen molar-refractivity contribution in [1.82, 2.24) is 10.2 Å². The maximum Gasteiger partial charge on any atom is 0.373 e. The number of imide groups is 1. The second-order valence-electron chi connectivity index (χ2n) is 7.95. The van der Waals surface area contributed by atoms with Gasteiger partial charge in [-0.2, -0.15) is 0 Å². The Kier molecular flexibility index (Phi) is 7.58. The maximum atomic E-state index is 13.0. The van der Waals surface area contributed by atoms with E-state index in [1.165, 1.54) is 55.7 Å². The van der Waals surface area contributed by atoms with Gasteiger partial charge >= 0.3 is 17.7 Å². The molecular formula is C24H17ClN4O10. The first-order valence-corrected chi connectivity index (χ1v) is 11.3. The Morgan fingerprint density at radius 2 is 1.82 bits per heavy atom. The van der Waals surface area contributed by atoms with Gasteiger partial charge in [-0.1, -0.05) is 11.6 Å². The third-order valence-electron chi connectivity index (χ3n) is 5.41. The average Bonchev–Trinajstić information content (AvgIpc) is 3.48. The highest BCUT2D eigenvalue weighted by Gasteiger charge is 2.35. The number of esters is 1. The largest absolute Gasteiger partial charge is 0.482 e. The molecule has 200 valence electrons. The minimum Gasteiger partial charge on any atom is -0.482 e. The van der Waals surface area contributed by atoms with E-state index in [9.17, 15) is 34.6 Å². The molecule has 2 aromatic carbocycles. The summed E-state index contributed by atoms with van der Waals surface area (Å²) in [7, 11) is 1.17. The van der Waals surface area contributed by atoms with E-state index in [0.29, 0.717) is 5.56 Å². The predicted octanol–water partition coefficient (Wildman–Crippen LogP) is 4.21. The molecule has 0 aliphatic carbocycles. The van der Waals surface area contributed by atoms with Crippen LogP contribution in [0.2, 0.25) is 5.02 Å². The molecule has 1 aliphatic rings. The molecule has 14 nitrogen and oxygen atoms in total. The Balaban J connectivity index is 1.61. The van der Waals surface area contributed by atoms with Gasteiger partial charge in [0.2, 0.25) is 11.5 Å². The third kappa shape index (κ3) is 5.86. The number of non-ortho nitro benzene ring substituents is 1. The summed E-state index contributed by atoms with van der Waals surface area (Å²) < 4.78 is 15.5. The van der Waals surface area contributed by atoms with Gasteiger partial charge in [-0.05, 0) is 42.0 Å². The van der Waals surface area contributed by atoms with Crippen LogP contribution >= 0.6 is 11.6 Å². The summed E-state index contributed by atoms with van der Waals surface area (Å²) in [6, 6.07) is 9.67. The summed E-state index contributed by atoms with van der Waals surface area (Å²) >= 11 is 6.07. The number of amides is 3. The molecule has 15 heteroatoms. The van der Waals surface area contributed by atoms with Gasteiger partial charge in [-0.3, -0.25) is 29.9 Å². The van der Waals surface area contributed by atoms with E-state index >= 15 is 0 Å². The van der Waals surface area contributed by atoms with Crippen LogP contribution in [0.3, 0.4) is 0 Å². The number of rotatable bonds is 9. The second-order valence-corrected chi connectivity index (χ2v) is 8.39. The van der Waals surface area contributed by atoms with Crippen molar-refractivity contribution in [3.63, 3.8) is 0 Å². The zero-order valence-electron chi connectivity index (χ0n) is 19.9. The first kappa shape index (κ1) is 26.8. The Bertz CT molecular complexity index is 1530. The van der Waals surface area contributed by atoms with Gasteiger partial charge in [-0.15, -0.1) is 0 Å². The van der Waals surface area contributed by atoms with E-state index < -0.39 is 33.4 Å². The Morgan fingerprint density at radius 3 is 2.46 bits per heavy atom. The first-order chi connectivity index (χ1) is 18.6. The molecule has 3 amide bonds. The summed E-state index contributed by atoms with van der Waals surface area (Å²) in [5.74, 6) is -1.74. The molecule has 0 spiro atoms. The summed E-state index contributed by atoms with van der Waals surface area (Å²) in [6.07, 6.45) is 1.17. The van der Waals surface area contributed by atoms with E-state index in [1.807, 2.05) is 0 Å². The van der Waals surface area contributed by atoms with E-state index in [0.717, 1.165) is 11.0 Å². The molecule has 3 aromatic rings. The molecule has 0 bridgehead atoms. The fourth-order valence-electron chi connectivity index (χ4n) is 3.57. The molecule has 1 saturated heterocycles. The summed E-state index contributed by atoms with van der Waals surface area (Å²) in [4.78, 5) is 59.2. The van der Waals surface area contributed by atoms with E-state index in [-0.39, 0.29) is 52.4 Å². The van der Waals surface area contributed by atoms with Gasteiger partial charge in [0.25, 0.3) is 11.6 Å². The standard InChI is InChI=1S/C24H17ClN4O10/c1-37-23(31)20-7-6-17(39-20)11-27-22(30)18(26-24(27)32)9-14-8-15(25)10-19(29(35)36)21(14)38-12-13-2-4-16(5-3-13)28(33)34/h2-10H,11-12H2,1H3,(H,26,32)/b18-9-. The SMILES string of the molecule is COC(=O)c1ccc(CN2C(=O)N/C(=C\c3cc(Cl)cc([N+](=O)[O-])c3OCc3ccc([N+](=O)[O-])cc3)C2=O)o1. The van der Waals surface area contributed by atoms with Crippen LogP contribution in [0.25, 0.3) is 6.08 Å². The number of hydrogen-bond donors (Lipinski definition) is 1. The summed E-state index contributed by atoms with van der Waals surface area (Å²) in [6.45, 7) is -0.512. The van der Waals surface area contributed by atoms with Crippen LogP contribution in [0.4, 0.5) is 16.2 Å². The highest BCUT2D eigenvalue weighted by Crippen LogP contribution is 2.37. The first-order valence-electron chi connectivity index (χ1n) is 10.9. The number of nitrogens with zero attached hydrogens (tertiary/aromatic N) is 3. The Labute approximate surface area is 223 Å². The molecule has 1 N–H and O–H groups in total. The van der Waals surface area contributed by atoms with Gasteiger partial charge in [0.1, 0.15) is 18.1 Å². The number of nitrogens with one attached hydrogen (secondary N) is 1. The van der Waals surface area contributed by atoms with Crippen molar-refractivity contribution in [1.29, 1.82) is 0 Å². The van der Waals surface area contributed by atoms with E-state index in [2.05, 4.69) is 10.1 Å². The quantitative estimate of drug-likeness (QED) is 0.132. The zero-order valence-corrected chi connectivity index (χ0v) is 20.7. The van der Waals surface area contributed by atoms with Gasteiger partial charge in [-0.25, -0.2) is 9.59 Å². The smallest absolute Gasteiger partial charge is 0.373 e. The van der Waals surface area contributed by atoms with Crippen molar-refractivity contribution >= 4 is 47.0 Å². The lowest BCUT2D eigenvalue weighted by Gasteiger charge is -2.11. The number of carbonyl (C=O) groups excluding carboxylic acids is 3. The molecule has 0 unspecified atom stereocenters. The second kappa shape index (κ2) is 11.0. The summed E-state index contributed by atoms with van der Waals surface area (Å²) in [5, 5.41) is 24.9. The molecule has 1 fully saturated rings. The summed E-state index contributed by atoms with van der Waals surface area (Å²) in [5.41, 5.74) is -0.373. The van der Waals surface area contributed by atoms with Crippen molar-refractivity contribution in [3.05, 3.63) is 102 Å². The van der Waals surface area contributed by atoms with Crippen LogP contribution < -0.4 is 10.1 Å². The van der Waals surface area contributed by atoms with Crippen LogP contribution in [0.15, 0.2) is 58.6 Å². The molecule has 0 atom stereocenters. The number of hydrogen-bond acceptors (Lipinski definition) is 10. The van der Waals surface area contributed by atoms with Crippen molar-refractivity contribution < 1.29 is 38.1 Å². The lowest BCUT2D eigenvalue weighted by molar-refractivity contribution is -0.386. The number of urea groups is 1. The number of methoxy groups -OCH3 is 1. The van der Waals surface area contributed by atoms with Gasteiger partial charge in [0, 0.05) is 28.8 Å². The van der Waals surface area contributed by atoms with Crippen LogP contribution in [0, 0.1) is 20.2 Å². The predicted molar refractivity (Wildman–Crippen MR) is 133 cm³/mol. The third-order valence-corrected chi connectivity index (χ3v) is 5.63. The van der Waals surface area contributed by atoms with Crippen molar-refractivity contribution in [2.75, 3.05) is 7.11 Å². The molecular weight excluding hydrogens is 540 g/mol. The van der Waals surface area contributed by atoms with Gasteiger partial charge in [0.05, 0.1) is 23.5 Å². The number of halogens is 1. The number of ether oxygens (including phenoxy) is 2. The molecule has 1 aromatic heterocycles. The van der Waals surface area contributed by atoms with E-state index in [4.69, 9.17) is 20.8 Å². The van der Waals surface area contributed by atoms with Crippen molar-refractivity contribution in [2.45, 2.75) is 13.2 Å². The lowest BCUT2D eigenvalue weighted by atomic mass is 10.1. The minimum atomic E-state index is -0.799. The monoisotopic (exact) mass is 556 g/mol. The van der Waals surface area contributed by atoms with Crippen LogP contribution in [0.5, 0.6) is 5.75 Å². The number of benzene rings is 2. The van der Waals surface area contributed by atoms with Gasteiger partial charge < -0.3 is 19.2 Å². The topological polar surface area (TPSA) is 184 Å². The molecule has 2 heterocycles. The van der Waals surface area contributed by atoms with Crippen molar-refractivity contribution in [3.8, 4) is 5.75 Å². The molecule has 39 heavy (non-hydrogen) atoms. The van der Waals surface area contributed by atoms with Crippen LogP contribution in [-0.2, 0) is 22.7 Å². The molecule has 0 saturated carbocycles. The van der Waals surface area contributed by atoms with Crippen LogP contribution in [0.1, 0.15) is 27.4 Å². The van der Waals surface area contributed by atoms with Crippen molar-refractivity contribution in [2.24, 2.45) is 0 Å². The fourth-order valence-corrected chi connectivity index (χ4v) is 3.79. The zero-order chi connectivity index (χ0) is 28.3. The molecule has 4 rings (SSSR count). The molecule has 0 radical (unpaired) electrons.